The highest BCUT2D eigenvalue weighted by Gasteiger charge is 2.50. The van der Waals surface area contributed by atoms with E-state index in [1.165, 1.54) is 35.6 Å². The molecule has 0 unspecified atom stereocenters. The predicted octanol–water partition coefficient (Wildman–Crippen LogP) is 9.26. The summed E-state index contributed by atoms with van der Waals surface area (Å²) >= 11 is 1.28. The second kappa shape index (κ2) is 21.3. The number of likely N-dealkylation sites (tertiary alicyclic amines) is 1. The molecule has 7 rings (SSSR count). The van der Waals surface area contributed by atoms with Crippen molar-refractivity contribution in [3.8, 4) is 0 Å². The van der Waals surface area contributed by atoms with Gasteiger partial charge in [-0.15, -0.1) is 11.3 Å². The number of benzene rings is 3. The molecule has 3 heterocycles. The van der Waals surface area contributed by atoms with Crippen LogP contribution in [0, 0.1) is 5.82 Å². The number of nitrogens with one attached hydrogen (secondary N) is 1. The maximum Gasteiger partial charge on any atom is 0.416 e. The van der Waals surface area contributed by atoms with Gasteiger partial charge >= 0.3 is 18.4 Å². The van der Waals surface area contributed by atoms with E-state index in [0.717, 1.165) is 20.9 Å². The fourth-order valence-electron chi connectivity index (χ4n) is 9.60. The minimum absolute atomic E-state index is 0.0315. The Morgan fingerprint density at radius 2 is 1.51 bits per heavy atom. The molecule has 71 heavy (non-hydrogen) atoms. The summed E-state index contributed by atoms with van der Waals surface area (Å²) < 4.78 is 114. The van der Waals surface area contributed by atoms with Gasteiger partial charge in [-0.3, -0.25) is 14.4 Å². The Morgan fingerprint density at radius 1 is 0.859 bits per heavy atom. The normalized spacial score (nSPS) is 19.2. The summed E-state index contributed by atoms with van der Waals surface area (Å²) in [5.41, 5.74) is -3.49. The van der Waals surface area contributed by atoms with E-state index in [1.54, 1.807) is 56.8 Å². The van der Waals surface area contributed by atoms with Gasteiger partial charge in [0.25, 0.3) is 11.8 Å². The Balaban J connectivity index is 0.935. The highest BCUT2D eigenvalue weighted by atomic mass is 32.1. The second-order valence-electron chi connectivity index (χ2n) is 19.5. The van der Waals surface area contributed by atoms with Gasteiger partial charge in [0.1, 0.15) is 30.4 Å². The van der Waals surface area contributed by atoms with Gasteiger partial charge in [-0.2, -0.15) is 26.3 Å². The summed E-state index contributed by atoms with van der Waals surface area (Å²) in [6.45, 7) is 7.21. The average molecular weight is 1020 g/mol. The van der Waals surface area contributed by atoms with E-state index in [9.17, 15) is 49.9 Å². The Morgan fingerprint density at radius 3 is 2.15 bits per heavy atom. The van der Waals surface area contributed by atoms with Crippen LogP contribution in [0.1, 0.15) is 99.2 Å². The lowest BCUT2D eigenvalue weighted by Crippen LogP contribution is -2.50. The van der Waals surface area contributed by atoms with E-state index in [0.29, 0.717) is 81.0 Å². The van der Waals surface area contributed by atoms with Crippen LogP contribution >= 0.6 is 11.3 Å². The van der Waals surface area contributed by atoms with Crippen molar-refractivity contribution >= 4 is 35.2 Å². The molecular weight excluding hydrogens is 960 g/mol. The lowest BCUT2D eigenvalue weighted by atomic mass is 9.72. The molecule has 2 fully saturated rings. The van der Waals surface area contributed by atoms with Gasteiger partial charge in [-0.05, 0) is 125 Å². The number of thiophene rings is 1. The maximum atomic E-state index is 14.1. The fourth-order valence-corrected chi connectivity index (χ4v) is 10.5. The molecule has 2 aliphatic heterocycles. The molecule has 1 aromatic heterocycles. The van der Waals surface area contributed by atoms with E-state index >= 15 is 0 Å². The SMILES string of the molecule is CN(CCCN(C)C(=O)c1ccc(CNC(=O)OC(C)(C)C)s1)C(=O)CO[C@H]1Cc2ccccc2C12CCN(CC[C@@]1(c3ccc(F)cc3)CN(C(=O)c3cc(C(F)(F)F)cc(C(F)(F)F)c3)CO1)CC2. The first kappa shape index (κ1) is 53.2. The zero-order chi connectivity index (χ0) is 51.5. The highest BCUT2D eigenvalue weighted by Crippen LogP contribution is 2.48. The van der Waals surface area contributed by atoms with Crippen LogP contribution in [0.15, 0.2) is 78.9 Å². The van der Waals surface area contributed by atoms with Crippen molar-refractivity contribution in [2.24, 2.45) is 0 Å². The molecule has 0 bridgehead atoms. The molecule has 12 nitrogen and oxygen atoms in total. The van der Waals surface area contributed by atoms with Gasteiger partial charge in [0, 0.05) is 49.6 Å². The molecule has 3 aromatic carbocycles. The average Bonchev–Trinajstić information content (AvgIpc) is 4.05. The van der Waals surface area contributed by atoms with E-state index in [-0.39, 0.29) is 50.1 Å². The summed E-state index contributed by atoms with van der Waals surface area (Å²) in [5, 5.41) is 2.69. The first-order valence-corrected chi connectivity index (χ1v) is 24.1. The van der Waals surface area contributed by atoms with E-state index in [1.807, 2.05) is 12.1 Å². The zero-order valence-electron chi connectivity index (χ0n) is 40.2. The Labute approximate surface area is 412 Å². The van der Waals surface area contributed by atoms with Gasteiger partial charge in [0.2, 0.25) is 5.91 Å². The Bertz CT molecular complexity index is 2530. The number of hydrogen-bond donors (Lipinski definition) is 1. The first-order valence-electron chi connectivity index (χ1n) is 23.3. The first-order chi connectivity index (χ1) is 33.4. The van der Waals surface area contributed by atoms with E-state index in [2.05, 4.69) is 22.3 Å². The molecule has 4 aromatic rings. The third-order valence-electron chi connectivity index (χ3n) is 13.4. The number of hydrogen-bond acceptors (Lipinski definition) is 9. The molecule has 3 aliphatic rings. The fraction of sp³-hybridized carbons (Fsp3) is 0.490. The van der Waals surface area contributed by atoms with Crippen LogP contribution in [0.2, 0.25) is 0 Å². The number of piperidine rings is 1. The van der Waals surface area contributed by atoms with Gasteiger partial charge in [-0.1, -0.05) is 36.4 Å². The topological polar surface area (TPSA) is 121 Å². The van der Waals surface area contributed by atoms with Crippen LogP contribution < -0.4 is 5.32 Å². The largest absolute Gasteiger partial charge is 0.444 e. The molecule has 2 atom stereocenters. The third-order valence-corrected chi connectivity index (χ3v) is 14.5. The summed E-state index contributed by atoms with van der Waals surface area (Å²) in [6, 6.07) is 17.8. The molecule has 1 aliphatic carbocycles. The molecule has 1 spiro atoms. The van der Waals surface area contributed by atoms with Crippen molar-refractivity contribution in [2.45, 2.75) is 94.5 Å². The number of amides is 4. The number of nitrogens with zero attached hydrogens (tertiary/aromatic N) is 4. The van der Waals surface area contributed by atoms with Crippen molar-refractivity contribution in [1.29, 1.82) is 0 Å². The van der Waals surface area contributed by atoms with E-state index < -0.39 is 70.2 Å². The summed E-state index contributed by atoms with van der Waals surface area (Å²) in [4.78, 5) is 60.1. The standard InChI is InChI=1S/C51H58F7N5O7S/c1-47(2,3)70-46(67)59-29-39-15-16-41(71-39)45(66)61(5)21-8-20-60(4)43(64)30-68-42-27-33-9-6-7-10-40(33)48(42)17-22-62(23-18-48)24-19-49(35-11-13-38(52)14-12-35)31-63(32-69-49)44(65)34-25-36(50(53,54)55)28-37(26-34)51(56,57)58/h6-7,9-16,25-26,28,42H,8,17-24,27,29-32H2,1-5H3,(H,59,67)/t42-,49-/m0/s1. The minimum atomic E-state index is -5.14. The lowest BCUT2D eigenvalue weighted by Gasteiger charge is -2.44. The molecule has 2 saturated heterocycles. The smallest absolute Gasteiger partial charge is 0.416 e. The summed E-state index contributed by atoms with van der Waals surface area (Å²) in [5.74, 6) is -1.97. The van der Waals surface area contributed by atoms with E-state index in [4.69, 9.17) is 14.2 Å². The number of alkyl halides is 6. The number of ether oxygens (including phenoxy) is 3. The predicted molar refractivity (Wildman–Crippen MR) is 250 cm³/mol. The van der Waals surface area contributed by atoms with Crippen molar-refractivity contribution in [3.63, 3.8) is 0 Å². The number of carbonyl (C=O) groups is 4. The molecule has 1 N–H and O–H groups in total. The zero-order valence-corrected chi connectivity index (χ0v) is 41.0. The monoisotopic (exact) mass is 1020 g/mol. The number of alkyl carbamates (subject to hydrolysis) is 1. The van der Waals surface area contributed by atoms with Gasteiger partial charge in [0.15, 0.2) is 0 Å². The van der Waals surface area contributed by atoms with Crippen LogP contribution in [0.3, 0.4) is 0 Å². The van der Waals surface area contributed by atoms with Crippen LogP contribution in [0.25, 0.3) is 0 Å². The van der Waals surface area contributed by atoms with Crippen molar-refractivity contribution in [2.75, 3.05) is 66.7 Å². The van der Waals surface area contributed by atoms with Crippen molar-refractivity contribution < 1.29 is 64.1 Å². The van der Waals surface area contributed by atoms with Gasteiger partial charge < -0.3 is 39.1 Å². The molecule has 20 heteroatoms. The molecular formula is C51H58F7N5O7S. The number of rotatable bonds is 15. The minimum Gasteiger partial charge on any atom is -0.444 e. The molecule has 4 amide bonds. The third kappa shape index (κ3) is 12.7. The van der Waals surface area contributed by atoms with Crippen LogP contribution in [0.5, 0.6) is 0 Å². The molecule has 0 radical (unpaired) electrons. The quantitative estimate of drug-likeness (QED) is 0.117. The Hall–Kier alpha value is -5.57. The van der Waals surface area contributed by atoms with Crippen molar-refractivity contribution in [3.05, 3.63) is 128 Å². The number of fused-ring (bicyclic) bond motifs is 2. The number of likely N-dealkylation sites (N-methyl/N-ethyl adjacent to an activating group) is 1. The van der Waals surface area contributed by atoms with Crippen LogP contribution in [-0.2, 0) is 55.3 Å². The molecule has 0 saturated carbocycles. The van der Waals surface area contributed by atoms with Crippen LogP contribution in [0.4, 0.5) is 35.5 Å². The Kier molecular flexibility index (Phi) is 15.9. The maximum absolute atomic E-state index is 14.1. The second-order valence-corrected chi connectivity index (χ2v) is 20.7. The van der Waals surface area contributed by atoms with Crippen LogP contribution in [-0.4, -0.2) is 122 Å². The summed E-state index contributed by atoms with van der Waals surface area (Å²) in [7, 11) is 3.40. The lowest BCUT2D eigenvalue weighted by molar-refractivity contribution is -0.143. The van der Waals surface area contributed by atoms with Gasteiger partial charge in [-0.25, -0.2) is 9.18 Å². The number of halogens is 7. The van der Waals surface area contributed by atoms with Crippen molar-refractivity contribution in [1.82, 2.24) is 24.9 Å². The highest BCUT2D eigenvalue weighted by molar-refractivity contribution is 7.14. The van der Waals surface area contributed by atoms with Gasteiger partial charge in [0.05, 0.1) is 35.2 Å². The molecule has 384 valence electrons. The number of carbonyl (C=O) groups excluding carboxylic acids is 4. The summed E-state index contributed by atoms with van der Waals surface area (Å²) in [6.07, 6.45) is -8.37.